The third-order valence-corrected chi connectivity index (χ3v) is 3.25. The molecule has 106 valence electrons. The van der Waals surface area contributed by atoms with Crippen molar-refractivity contribution in [3.63, 3.8) is 0 Å². The van der Waals surface area contributed by atoms with Crippen molar-refractivity contribution >= 4 is 17.3 Å². The summed E-state index contributed by atoms with van der Waals surface area (Å²) >= 11 is 0. The van der Waals surface area contributed by atoms with Gasteiger partial charge in [0.1, 0.15) is 17.5 Å². The van der Waals surface area contributed by atoms with Gasteiger partial charge in [0.2, 0.25) is 0 Å². The molecule has 0 aliphatic heterocycles. The van der Waals surface area contributed by atoms with Crippen LogP contribution in [0.15, 0.2) is 24.3 Å². The van der Waals surface area contributed by atoms with Gasteiger partial charge in [-0.15, -0.1) is 0 Å². The molecule has 0 saturated heterocycles. The second-order valence-corrected chi connectivity index (χ2v) is 4.79. The van der Waals surface area contributed by atoms with E-state index in [2.05, 4.69) is 53.5 Å². The Morgan fingerprint density at radius 1 is 1.00 bits per heavy atom. The summed E-state index contributed by atoms with van der Waals surface area (Å²) in [7, 11) is 0. The third kappa shape index (κ3) is 3.07. The van der Waals surface area contributed by atoms with Crippen LogP contribution in [-0.4, -0.2) is 16.5 Å². The highest BCUT2D eigenvalue weighted by atomic mass is 15.1. The number of rotatable bonds is 5. The number of para-hydroxylation sites is 1. The van der Waals surface area contributed by atoms with E-state index in [1.807, 2.05) is 19.1 Å². The predicted octanol–water partition coefficient (Wildman–Crippen LogP) is 3.83. The first-order chi connectivity index (χ1) is 9.65. The van der Waals surface area contributed by atoms with E-state index in [-0.39, 0.29) is 0 Å². The van der Waals surface area contributed by atoms with Gasteiger partial charge in [-0.1, -0.05) is 25.1 Å². The zero-order chi connectivity index (χ0) is 14.5. The number of nitrogens with one attached hydrogen (secondary N) is 2. The van der Waals surface area contributed by atoms with E-state index in [4.69, 9.17) is 0 Å². The molecule has 0 atom stereocenters. The molecular weight excluding hydrogens is 248 g/mol. The van der Waals surface area contributed by atoms with Crippen molar-refractivity contribution in [1.29, 1.82) is 0 Å². The number of aromatic nitrogens is 2. The highest BCUT2D eigenvalue weighted by molar-refractivity contribution is 5.66. The molecule has 0 bridgehead atoms. The van der Waals surface area contributed by atoms with E-state index >= 15 is 0 Å². The van der Waals surface area contributed by atoms with E-state index in [1.54, 1.807) is 0 Å². The molecule has 0 saturated carbocycles. The predicted molar refractivity (Wildman–Crippen MR) is 84.8 cm³/mol. The minimum Gasteiger partial charge on any atom is -0.370 e. The lowest BCUT2D eigenvalue weighted by Crippen LogP contribution is -2.09. The number of benzene rings is 1. The van der Waals surface area contributed by atoms with Gasteiger partial charge >= 0.3 is 0 Å². The zero-order valence-electron chi connectivity index (χ0n) is 12.6. The lowest BCUT2D eigenvalue weighted by molar-refractivity contribution is 0.929. The summed E-state index contributed by atoms with van der Waals surface area (Å²) in [6, 6.07) is 8.22. The molecule has 1 aromatic carbocycles. The Kier molecular flexibility index (Phi) is 4.56. The second kappa shape index (κ2) is 6.37. The van der Waals surface area contributed by atoms with Crippen molar-refractivity contribution in [3.8, 4) is 0 Å². The summed E-state index contributed by atoms with van der Waals surface area (Å²) in [6.45, 7) is 9.12. The van der Waals surface area contributed by atoms with Crippen LogP contribution in [0.3, 0.4) is 0 Å². The van der Waals surface area contributed by atoms with Crippen molar-refractivity contribution in [2.45, 2.75) is 34.1 Å². The Labute approximate surface area is 120 Å². The fraction of sp³-hybridized carbons (Fsp3) is 0.375. The van der Waals surface area contributed by atoms with Crippen molar-refractivity contribution in [2.75, 3.05) is 17.2 Å². The van der Waals surface area contributed by atoms with Crippen LogP contribution >= 0.6 is 0 Å². The van der Waals surface area contributed by atoms with Crippen molar-refractivity contribution < 1.29 is 0 Å². The molecule has 4 heteroatoms. The first-order valence-corrected chi connectivity index (χ1v) is 7.09. The summed E-state index contributed by atoms with van der Waals surface area (Å²) in [4.78, 5) is 9.15. The summed E-state index contributed by atoms with van der Waals surface area (Å²) < 4.78 is 0. The monoisotopic (exact) mass is 270 g/mol. The highest BCUT2D eigenvalue weighted by Crippen LogP contribution is 2.25. The van der Waals surface area contributed by atoms with Crippen LogP contribution in [-0.2, 0) is 6.42 Å². The highest BCUT2D eigenvalue weighted by Gasteiger charge is 2.10. The molecule has 0 spiro atoms. The minimum atomic E-state index is 0.821. The maximum atomic E-state index is 4.61. The fourth-order valence-electron chi connectivity index (χ4n) is 2.02. The standard InChI is InChI=1S/C16H22N4/c1-5-14-19-15(17-6-2)12(4)16(20-14)18-13-10-8-7-9-11(13)3/h7-10H,5-6H2,1-4H3,(H2,17,18,19,20). The summed E-state index contributed by atoms with van der Waals surface area (Å²) in [6.07, 6.45) is 0.821. The Hall–Kier alpha value is -2.10. The Morgan fingerprint density at radius 3 is 2.35 bits per heavy atom. The first kappa shape index (κ1) is 14.3. The Balaban J connectivity index is 2.40. The van der Waals surface area contributed by atoms with Crippen LogP contribution in [0.4, 0.5) is 17.3 Å². The smallest absolute Gasteiger partial charge is 0.139 e. The van der Waals surface area contributed by atoms with Crippen molar-refractivity contribution in [1.82, 2.24) is 9.97 Å². The van der Waals surface area contributed by atoms with Crippen LogP contribution in [0.5, 0.6) is 0 Å². The largest absolute Gasteiger partial charge is 0.370 e. The normalized spacial score (nSPS) is 10.4. The van der Waals surface area contributed by atoms with Gasteiger partial charge in [-0.3, -0.25) is 0 Å². The number of aryl methyl sites for hydroxylation is 2. The van der Waals surface area contributed by atoms with Gasteiger partial charge in [-0.2, -0.15) is 0 Å². The van der Waals surface area contributed by atoms with E-state index in [0.29, 0.717) is 0 Å². The Bertz CT molecular complexity index is 593. The lowest BCUT2D eigenvalue weighted by atomic mass is 10.2. The molecule has 4 nitrogen and oxygen atoms in total. The summed E-state index contributed by atoms with van der Waals surface area (Å²) in [5, 5.41) is 6.72. The Morgan fingerprint density at radius 2 is 1.70 bits per heavy atom. The number of hydrogen-bond donors (Lipinski definition) is 2. The van der Waals surface area contributed by atoms with E-state index in [9.17, 15) is 0 Å². The molecule has 0 fully saturated rings. The topological polar surface area (TPSA) is 49.8 Å². The van der Waals surface area contributed by atoms with Crippen LogP contribution < -0.4 is 10.6 Å². The van der Waals surface area contributed by atoms with E-state index < -0.39 is 0 Å². The van der Waals surface area contributed by atoms with Gasteiger partial charge in [0.25, 0.3) is 0 Å². The third-order valence-electron chi connectivity index (χ3n) is 3.25. The minimum absolute atomic E-state index is 0.821. The average Bonchev–Trinajstić information content (AvgIpc) is 2.45. The summed E-state index contributed by atoms with van der Waals surface area (Å²) in [5.74, 6) is 2.64. The average molecular weight is 270 g/mol. The molecule has 0 aliphatic rings. The van der Waals surface area contributed by atoms with Crippen molar-refractivity contribution in [3.05, 3.63) is 41.2 Å². The second-order valence-electron chi connectivity index (χ2n) is 4.79. The molecule has 0 unspecified atom stereocenters. The number of hydrogen-bond acceptors (Lipinski definition) is 4. The maximum absolute atomic E-state index is 4.61. The molecule has 2 aromatic rings. The van der Waals surface area contributed by atoms with Crippen LogP contribution in [0.25, 0.3) is 0 Å². The van der Waals surface area contributed by atoms with Gasteiger partial charge in [-0.05, 0) is 32.4 Å². The SMILES string of the molecule is CCNc1nc(CC)nc(Nc2ccccc2C)c1C. The van der Waals surface area contributed by atoms with Crippen LogP contribution in [0, 0.1) is 13.8 Å². The van der Waals surface area contributed by atoms with Crippen molar-refractivity contribution in [2.24, 2.45) is 0 Å². The first-order valence-electron chi connectivity index (χ1n) is 7.09. The molecule has 1 heterocycles. The molecule has 2 N–H and O–H groups in total. The molecule has 2 rings (SSSR count). The fourth-order valence-corrected chi connectivity index (χ4v) is 2.02. The molecule has 0 radical (unpaired) electrons. The van der Waals surface area contributed by atoms with Crippen LogP contribution in [0.1, 0.15) is 30.8 Å². The lowest BCUT2D eigenvalue weighted by Gasteiger charge is -2.15. The van der Waals surface area contributed by atoms with Gasteiger partial charge in [-0.25, -0.2) is 9.97 Å². The van der Waals surface area contributed by atoms with Gasteiger partial charge in [0.05, 0.1) is 0 Å². The summed E-state index contributed by atoms with van der Waals surface area (Å²) in [5.41, 5.74) is 3.33. The quantitative estimate of drug-likeness (QED) is 0.867. The molecule has 20 heavy (non-hydrogen) atoms. The number of nitrogens with zero attached hydrogens (tertiary/aromatic N) is 2. The van der Waals surface area contributed by atoms with Gasteiger partial charge < -0.3 is 10.6 Å². The molecule has 1 aromatic heterocycles. The number of anilines is 3. The molecular formula is C16H22N4. The van der Waals surface area contributed by atoms with Gasteiger partial charge in [0, 0.05) is 24.2 Å². The van der Waals surface area contributed by atoms with E-state index in [1.165, 1.54) is 5.56 Å². The molecule has 0 aliphatic carbocycles. The zero-order valence-corrected chi connectivity index (χ0v) is 12.6. The van der Waals surface area contributed by atoms with Crippen LogP contribution in [0.2, 0.25) is 0 Å². The van der Waals surface area contributed by atoms with Gasteiger partial charge in [0.15, 0.2) is 0 Å². The van der Waals surface area contributed by atoms with E-state index in [0.717, 1.165) is 41.7 Å². The maximum Gasteiger partial charge on any atom is 0.139 e. The molecule has 0 amide bonds.